The average Bonchev–Trinajstić information content (AvgIpc) is 2.53. The number of carboxylic acid groups (broad SMARTS) is 2. The number of hydrogen-bond donors (Lipinski definition) is 2. The van der Waals surface area contributed by atoms with Crippen molar-refractivity contribution in [1.82, 2.24) is 0 Å². The van der Waals surface area contributed by atoms with E-state index in [0.717, 1.165) is 11.1 Å². The van der Waals surface area contributed by atoms with Crippen LogP contribution in [0.15, 0.2) is 36.4 Å². The van der Waals surface area contributed by atoms with Gasteiger partial charge in [-0.1, -0.05) is 0 Å². The van der Waals surface area contributed by atoms with Crippen molar-refractivity contribution < 1.29 is 29.3 Å². The first-order valence-corrected chi connectivity index (χ1v) is 7.32. The fraction of sp³-hybridized carbons (Fsp3) is 0.222. The molecule has 0 unspecified atom stereocenters. The summed E-state index contributed by atoms with van der Waals surface area (Å²) in [7, 11) is 0. The highest BCUT2D eigenvalue weighted by Crippen LogP contribution is 2.21. The van der Waals surface area contributed by atoms with Gasteiger partial charge in [0.25, 0.3) is 0 Å². The first kappa shape index (κ1) is 17.3. The molecule has 2 aromatic rings. The quantitative estimate of drug-likeness (QED) is 0.758. The van der Waals surface area contributed by atoms with Gasteiger partial charge in [-0.2, -0.15) is 0 Å². The van der Waals surface area contributed by atoms with Crippen LogP contribution in [0.5, 0.6) is 11.5 Å². The molecule has 126 valence electrons. The highest BCUT2D eigenvalue weighted by Gasteiger charge is 2.08. The number of rotatable bonds is 7. The standard InChI is InChI=1S/C18H18O6/c1-11-9-13(17(19)20)3-5-15(11)23-7-8-24-16-6-4-14(18(21)22)10-12(16)2/h3-6,9-10H,7-8H2,1-2H3,(H,19,20)(H,21,22). The summed E-state index contributed by atoms with van der Waals surface area (Å²) < 4.78 is 11.2. The van der Waals surface area contributed by atoms with Gasteiger partial charge in [0.2, 0.25) is 0 Å². The molecule has 24 heavy (non-hydrogen) atoms. The van der Waals surface area contributed by atoms with Crippen molar-refractivity contribution in [2.45, 2.75) is 13.8 Å². The Morgan fingerprint density at radius 1 is 0.792 bits per heavy atom. The lowest BCUT2D eigenvalue weighted by atomic mass is 10.1. The van der Waals surface area contributed by atoms with Gasteiger partial charge in [0.1, 0.15) is 24.7 Å². The van der Waals surface area contributed by atoms with Crippen LogP contribution < -0.4 is 9.47 Å². The van der Waals surface area contributed by atoms with E-state index in [-0.39, 0.29) is 24.3 Å². The lowest BCUT2D eigenvalue weighted by Crippen LogP contribution is -2.10. The number of aromatic carboxylic acids is 2. The molecule has 0 heterocycles. The molecule has 0 radical (unpaired) electrons. The molecule has 2 aromatic carbocycles. The minimum atomic E-state index is -0.978. The normalized spacial score (nSPS) is 10.2. The summed E-state index contributed by atoms with van der Waals surface area (Å²) in [4.78, 5) is 21.8. The molecule has 2 N–H and O–H groups in total. The van der Waals surface area contributed by atoms with E-state index in [1.807, 2.05) is 0 Å². The Morgan fingerprint density at radius 3 is 1.46 bits per heavy atom. The molecule has 0 atom stereocenters. The first-order valence-electron chi connectivity index (χ1n) is 7.32. The fourth-order valence-electron chi connectivity index (χ4n) is 2.19. The van der Waals surface area contributed by atoms with Gasteiger partial charge in [-0.3, -0.25) is 0 Å². The Morgan fingerprint density at radius 2 is 1.17 bits per heavy atom. The summed E-state index contributed by atoms with van der Waals surface area (Å²) in [5.41, 5.74) is 1.89. The number of ether oxygens (including phenoxy) is 2. The number of benzene rings is 2. The third-order valence-corrected chi connectivity index (χ3v) is 3.44. The Kier molecular flexibility index (Phi) is 5.42. The van der Waals surface area contributed by atoms with E-state index in [4.69, 9.17) is 19.7 Å². The van der Waals surface area contributed by atoms with E-state index in [0.29, 0.717) is 11.5 Å². The predicted molar refractivity (Wildman–Crippen MR) is 87.3 cm³/mol. The maximum absolute atomic E-state index is 10.9. The van der Waals surface area contributed by atoms with E-state index in [1.165, 1.54) is 12.1 Å². The Balaban J connectivity index is 1.89. The van der Waals surface area contributed by atoms with Crippen LogP contribution in [0.3, 0.4) is 0 Å². The summed E-state index contributed by atoms with van der Waals surface area (Å²) in [6, 6.07) is 9.30. The SMILES string of the molecule is Cc1cc(C(=O)O)ccc1OCCOc1ccc(C(=O)O)cc1C. The third-order valence-electron chi connectivity index (χ3n) is 3.44. The van der Waals surface area contributed by atoms with Gasteiger partial charge in [0, 0.05) is 0 Å². The maximum Gasteiger partial charge on any atom is 0.335 e. The van der Waals surface area contributed by atoms with Gasteiger partial charge in [-0.25, -0.2) is 9.59 Å². The van der Waals surface area contributed by atoms with E-state index in [2.05, 4.69) is 0 Å². The second-order valence-corrected chi connectivity index (χ2v) is 5.27. The van der Waals surface area contributed by atoms with Gasteiger partial charge < -0.3 is 19.7 Å². The Labute approximate surface area is 139 Å². The molecule has 0 fully saturated rings. The first-order chi connectivity index (χ1) is 11.4. The molecule has 0 aliphatic heterocycles. The largest absolute Gasteiger partial charge is 0.490 e. The second-order valence-electron chi connectivity index (χ2n) is 5.27. The van der Waals surface area contributed by atoms with Gasteiger partial charge >= 0.3 is 11.9 Å². The summed E-state index contributed by atoms with van der Waals surface area (Å²) in [6.45, 7) is 4.12. The van der Waals surface area contributed by atoms with Crippen LogP contribution in [-0.4, -0.2) is 35.4 Å². The number of carboxylic acids is 2. The zero-order chi connectivity index (χ0) is 17.7. The van der Waals surface area contributed by atoms with Gasteiger partial charge in [0.15, 0.2) is 0 Å². The predicted octanol–water partition coefficient (Wildman–Crippen LogP) is 3.16. The van der Waals surface area contributed by atoms with Gasteiger partial charge in [0.05, 0.1) is 11.1 Å². The summed E-state index contributed by atoms with van der Waals surface area (Å²) in [5.74, 6) is -0.760. The molecule has 6 nitrogen and oxygen atoms in total. The Hall–Kier alpha value is -3.02. The molecular weight excluding hydrogens is 312 g/mol. The van der Waals surface area contributed by atoms with Crippen LogP contribution in [-0.2, 0) is 0 Å². The number of aryl methyl sites for hydroxylation is 2. The molecule has 0 aliphatic carbocycles. The van der Waals surface area contributed by atoms with Crippen LogP contribution in [0.1, 0.15) is 31.8 Å². The molecule has 0 spiro atoms. The van der Waals surface area contributed by atoms with Crippen LogP contribution in [0.4, 0.5) is 0 Å². The average molecular weight is 330 g/mol. The van der Waals surface area contributed by atoms with Crippen molar-refractivity contribution >= 4 is 11.9 Å². The van der Waals surface area contributed by atoms with Crippen molar-refractivity contribution in [3.63, 3.8) is 0 Å². The lowest BCUT2D eigenvalue weighted by molar-refractivity contribution is 0.0686. The second kappa shape index (κ2) is 7.50. The zero-order valence-corrected chi connectivity index (χ0v) is 13.4. The van der Waals surface area contributed by atoms with Gasteiger partial charge in [-0.15, -0.1) is 0 Å². The molecule has 0 bridgehead atoms. The van der Waals surface area contributed by atoms with Gasteiger partial charge in [-0.05, 0) is 61.4 Å². The van der Waals surface area contributed by atoms with Crippen molar-refractivity contribution in [3.05, 3.63) is 58.7 Å². The van der Waals surface area contributed by atoms with E-state index in [1.54, 1.807) is 38.1 Å². The molecule has 0 saturated heterocycles. The van der Waals surface area contributed by atoms with Crippen molar-refractivity contribution in [3.8, 4) is 11.5 Å². The van der Waals surface area contributed by atoms with Crippen LogP contribution in [0.25, 0.3) is 0 Å². The third kappa shape index (κ3) is 4.25. The monoisotopic (exact) mass is 330 g/mol. The van der Waals surface area contributed by atoms with Crippen molar-refractivity contribution in [1.29, 1.82) is 0 Å². The number of carbonyl (C=O) groups is 2. The fourth-order valence-corrected chi connectivity index (χ4v) is 2.19. The maximum atomic E-state index is 10.9. The van der Waals surface area contributed by atoms with E-state index in [9.17, 15) is 9.59 Å². The topological polar surface area (TPSA) is 93.1 Å². The van der Waals surface area contributed by atoms with Crippen molar-refractivity contribution in [2.75, 3.05) is 13.2 Å². The molecule has 2 rings (SSSR count). The van der Waals surface area contributed by atoms with Crippen molar-refractivity contribution in [2.24, 2.45) is 0 Å². The molecule has 0 amide bonds. The van der Waals surface area contributed by atoms with E-state index >= 15 is 0 Å². The smallest absolute Gasteiger partial charge is 0.335 e. The lowest BCUT2D eigenvalue weighted by Gasteiger charge is -2.12. The molecule has 6 heteroatoms. The molecule has 0 aromatic heterocycles. The van der Waals surface area contributed by atoms with E-state index < -0.39 is 11.9 Å². The highest BCUT2D eigenvalue weighted by molar-refractivity contribution is 5.88. The summed E-state index contributed by atoms with van der Waals surface area (Å²) >= 11 is 0. The minimum Gasteiger partial charge on any atom is -0.490 e. The number of hydrogen-bond acceptors (Lipinski definition) is 4. The molecular formula is C18H18O6. The summed E-state index contributed by atoms with van der Waals surface area (Å²) in [6.07, 6.45) is 0. The van der Waals surface area contributed by atoms with Crippen LogP contribution >= 0.6 is 0 Å². The van der Waals surface area contributed by atoms with Crippen LogP contribution in [0, 0.1) is 13.8 Å². The summed E-state index contributed by atoms with van der Waals surface area (Å²) in [5, 5.41) is 17.8. The minimum absolute atomic E-state index is 0.213. The molecule has 0 aliphatic rings. The van der Waals surface area contributed by atoms with Crippen LogP contribution in [0.2, 0.25) is 0 Å². The Bertz CT molecular complexity index is 701. The molecule has 0 saturated carbocycles. The highest BCUT2D eigenvalue weighted by atomic mass is 16.5. The zero-order valence-electron chi connectivity index (χ0n) is 13.4.